The number of ether oxygens (including phenoxy) is 1. The van der Waals surface area contributed by atoms with Gasteiger partial charge in [-0.2, -0.15) is 0 Å². The summed E-state index contributed by atoms with van der Waals surface area (Å²) in [7, 11) is 0. The number of hydrogen-bond acceptors (Lipinski definition) is 2. The first kappa shape index (κ1) is 18.5. The number of benzene rings is 1. The molecule has 2 aliphatic rings. The van der Waals surface area contributed by atoms with Crippen LogP contribution in [-0.2, 0) is 4.74 Å². The van der Waals surface area contributed by atoms with E-state index >= 15 is 0 Å². The van der Waals surface area contributed by atoms with Crippen LogP contribution in [0.4, 0.5) is 0 Å². The maximum Gasteiger partial charge on any atom is 0.147 e. The quantitative estimate of drug-likeness (QED) is 0.644. The lowest BCUT2D eigenvalue weighted by molar-refractivity contribution is -0.0387. The fourth-order valence-electron chi connectivity index (χ4n) is 3.41. The van der Waals surface area contributed by atoms with Crippen molar-refractivity contribution in [2.24, 2.45) is 0 Å². The van der Waals surface area contributed by atoms with Crippen molar-refractivity contribution in [3.05, 3.63) is 83.6 Å². The van der Waals surface area contributed by atoms with E-state index in [1.807, 2.05) is 13.0 Å². The molecule has 2 heteroatoms. The summed E-state index contributed by atoms with van der Waals surface area (Å²) in [5.41, 5.74) is 7.30. The Kier molecular flexibility index (Phi) is 5.95. The van der Waals surface area contributed by atoms with Crippen molar-refractivity contribution in [2.75, 3.05) is 0 Å². The lowest BCUT2D eigenvalue weighted by Crippen LogP contribution is -2.35. The first-order valence-electron chi connectivity index (χ1n) is 9.49. The van der Waals surface area contributed by atoms with Gasteiger partial charge < -0.3 is 10.1 Å². The van der Waals surface area contributed by atoms with E-state index in [1.54, 1.807) is 0 Å². The van der Waals surface area contributed by atoms with Crippen LogP contribution in [0.25, 0.3) is 11.1 Å². The Labute approximate surface area is 157 Å². The molecule has 1 aliphatic carbocycles. The van der Waals surface area contributed by atoms with Crippen LogP contribution in [0.1, 0.15) is 49.8 Å². The number of rotatable bonds is 6. The van der Waals surface area contributed by atoms with E-state index in [9.17, 15) is 0 Å². The van der Waals surface area contributed by atoms with E-state index in [2.05, 4.69) is 74.4 Å². The molecule has 0 aromatic heterocycles. The van der Waals surface area contributed by atoms with Crippen molar-refractivity contribution >= 4 is 11.1 Å². The van der Waals surface area contributed by atoms with E-state index in [4.69, 9.17) is 4.74 Å². The van der Waals surface area contributed by atoms with Gasteiger partial charge in [0.25, 0.3) is 0 Å². The lowest BCUT2D eigenvalue weighted by Gasteiger charge is -2.30. The molecule has 1 heterocycles. The Balaban J connectivity index is 1.76. The smallest absolute Gasteiger partial charge is 0.147 e. The first-order chi connectivity index (χ1) is 12.6. The predicted molar refractivity (Wildman–Crippen MR) is 112 cm³/mol. The summed E-state index contributed by atoms with van der Waals surface area (Å²) >= 11 is 0. The minimum absolute atomic E-state index is 0.00297. The van der Waals surface area contributed by atoms with Crippen LogP contribution in [-0.4, -0.2) is 12.3 Å². The lowest BCUT2D eigenvalue weighted by atomic mass is 9.92. The highest BCUT2D eigenvalue weighted by atomic mass is 16.5. The Morgan fingerprint density at radius 2 is 2.12 bits per heavy atom. The van der Waals surface area contributed by atoms with Crippen LogP contribution in [0, 0.1) is 6.92 Å². The third kappa shape index (κ3) is 4.08. The van der Waals surface area contributed by atoms with Gasteiger partial charge in [0.15, 0.2) is 0 Å². The van der Waals surface area contributed by atoms with Crippen molar-refractivity contribution in [1.82, 2.24) is 5.32 Å². The Hall–Kier alpha value is -2.32. The Bertz CT molecular complexity index is 790. The second-order valence-corrected chi connectivity index (χ2v) is 7.07. The highest BCUT2D eigenvalue weighted by Crippen LogP contribution is 2.29. The topological polar surface area (TPSA) is 21.3 Å². The molecule has 1 N–H and O–H groups in total. The molecule has 1 aromatic rings. The molecular formula is C24H29NO. The number of nitrogens with one attached hydrogen (secondary N) is 1. The standard InChI is InChI=1S/C24H29NO/c1-5-8-17(3)22(6-2)23-13-11-19(15-18(23)4)20-12-14-24(25-16-20)26-21-9-7-10-21/h5-6,8,11-16,21,24-25H,2,7,9-10H2,1,3-4H3/b8-5-,22-17+. The Morgan fingerprint density at radius 3 is 2.65 bits per heavy atom. The van der Waals surface area contributed by atoms with Crippen LogP contribution in [0.3, 0.4) is 0 Å². The van der Waals surface area contributed by atoms with Crippen LogP contribution in [0.5, 0.6) is 0 Å². The van der Waals surface area contributed by atoms with Gasteiger partial charge in [0.2, 0.25) is 0 Å². The average molecular weight is 348 g/mol. The van der Waals surface area contributed by atoms with Crippen molar-refractivity contribution in [3.63, 3.8) is 0 Å². The molecular weight excluding hydrogens is 318 g/mol. The highest BCUT2D eigenvalue weighted by Gasteiger charge is 2.22. The summed E-state index contributed by atoms with van der Waals surface area (Å²) in [4.78, 5) is 0. The highest BCUT2D eigenvalue weighted by molar-refractivity contribution is 5.82. The molecule has 3 rings (SSSR count). The summed E-state index contributed by atoms with van der Waals surface area (Å²) in [6.45, 7) is 10.3. The summed E-state index contributed by atoms with van der Waals surface area (Å²) in [6.07, 6.45) is 16.6. The van der Waals surface area contributed by atoms with E-state index in [0.29, 0.717) is 6.10 Å². The average Bonchev–Trinajstić information content (AvgIpc) is 2.61. The molecule has 2 nitrogen and oxygen atoms in total. The molecule has 0 radical (unpaired) electrons. The molecule has 1 aliphatic heterocycles. The van der Waals surface area contributed by atoms with Crippen LogP contribution in [0.15, 0.2) is 66.9 Å². The van der Waals surface area contributed by atoms with Crippen LogP contribution >= 0.6 is 0 Å². The number of hydrogen-bond donors (Lipinski definition) is 1. The minimum Gasteiger partial charge on any atom is -0.362 e. The molecule has 1 unspecified atom stereocenters. The molecule has 1 fully saturated rings. The van der Waals surface area contributed by atoms with E-state index in [-0.39, 0.29) is 6.23 Å². The normalized spacial score (nSPS) is 21.0. The van der Waals surface area contributed by atoms with E-state index in [0.717, 1.165) is 0 Å². The molecule has 0 saturated heterocycles. The van der Waals surface area contributed by atoms with Gasteiger partial charge in [-0.25, -0.2) is 0 Å². The fourth-order valence-corrected chi connectivity index (χ4v) is 3.41. The van der Waals surface area contributed by atoms with Crippen molar-refractivity contribution in [2.45, 2.75) is 52.4 Å². The summed E-state index contributed by atoms with van der Waals surface area (Å²) in [6, 6.07) is 6.62. The third-order valence-electron chi connectivity index (χ3n) is 5.14. The maximum absolute atomic E-state index is 5.98. The largest absolute Gasteiger partial charge is 0.362 e. The summed E-state index contributed by atoms with van der Waals surface area (Å²) in [5, 5.41) is 3.36. The molecule has 0 amide bonds. The summed E-state index contributed by atoms with van der Waals surface area (Å²) < 4.78 is 5.98. The van der Waals surface area contributed by atoms with Gasteiger partial charge in [-0.15, -0.1) is 0 Å². The molecule has 136 valence electrons. The van der Waals surface area contributed by atoms with Gasteiger partial charge in [-0.1, -0.05) is 49.1 Å². The first-order valence-corrected chi connectivity index (χ1v) is 9.49. The number of dihydropyridines is 1. The SMILES string of the molecule is C=C/C(=C(C)\C=C/C)c1ccc(C2=CNC(OC3CCC3)C=C2)cc1C. The maximum atomic E-state index is 5.98. The second kappa shape index (κ2) is 8.37. The molecule has 1 saturated carbocycles. The zero-order valence-corrected chi connectivity index (χ0v) is 16.1. The Morgan fingerprint density at radius 1 is 1.31 bits per heavy atom. The molecule has 1 atom stereocenters. The van der Waals surface area contributed by atoms with Gasteiger partial charge in [0.1, 0.15) is 6.23 Å². The van der Waals surface area contributed by atoms with Gasteiger partial charge in [-0.3, -0.25) is 0 Å². The van der Waals surface area contributed by atoms with Crippen LogP contribution < -0.4 is 5.32 Å². The molecule has 1 aromatic carbocycles. The predicted octanol–water partition coefficient (Wildman–Crippen LogP) is 5.93. The molecule has 0 bridgehead atoms. The van der Waals surface area contributed by atoms with E-state index < -0.39 is 0 Å². The monoisotopic (exact) mass is 347 g/mol. The van der Waals surface area contributed by atoms with Gasteiger partial charge in [0.05, 0.1) is 6.10 Å². The number of allylic oxidation sites excluding steroid dienone is 7. The minimum atomic E-state index is 0.00297. The number of aryl methyl sites for hydroxylation is 1. The van der Waals surface area contributed by atoms with Gasteiger partial charge >= 0.3 is 0 Å². The second-order valence-electron chi connectivity index (χ2n) is 7.07. The third-order valence-corrected chi connectivity index (χ3v) is 5.14. The van der Waals surface area contributed by atoms with Crippen molar-refractivity contribution < 1.29 is 4.74 Å². The zero-order valence-electron chi connectivity index (χ0n) is 16.1. The van der Waals surface area contributed by atoms with Crippen LogP contribution in [0.2, 0.25) is 0 Å². The van der Waals surface area contributed by atoms with Gasteiger partial charge in [-0.05, 0) is 79.5 Å². The molecule has 0 spiro atoms. The van der Waals surface area contributed by atoms with Crippen molar-refractivity contribution in [1.29, 1.82) is 0 Å². The zero-order chi connectivity index (χ0) is 18.5. The molecule has 26 heavy (non-hydrogen) atoms. The summed E-state index contributed by atoms with van der Waals surface area (Å²) in [5.74, 6) is 0. The van der Waals surface area contributed by atoms with E-state index in [1.165, 1.54) is 52.7 Å². The van der Waals surface area contributed by atoms with Crippen molar-refractivity contribution in [3.8, 4) is 0 Å². The fraction of sp³-hybridized carbons (Fsp3) is 0.333. The van der Waals surface area contributed by atoms with Gasteiger partial charge in [0, 0.05) is 6.20 Å².